The van der Waals surface area contributed by atoms with Crippen molar-refractivity contribution in [3.05, 3.63) is 42.3 Å². The van der Waals surface area contributed by atoms with Crippen LogP contribution in [0.1, 0.15) is 5.56 Å². The summed E-state index contributed by atoms with van der Waals surface area (Å²) in [7, 11) is 0. The van der Waals surface area contributed by atoms with Gasteiger partial charge in [0.1, 0.15) is 0 Å². The third-order valence-corrected chi connectivity index (χ3v) is 1.03. The zero-order valence-electron chi connectivity index (χ0n) is 6.03. The molecule has 11 heavy (non-hydrogen) atoms. The average Bonchev–Trinajstić information content (AvgIpc) is 1.91. The van der Waals surface area contributed by atoms with Gasteiger partial charge in [-0.2, -0.15) is 17.7 Å². The molecule has 0 unspecified atom stereocenters. The molecule has 0 N–H and O–H groups in total. The number of hydrogen-bond acceptors (Lipinski definition) is 1. The van der Waals surface area contributed by atoms with Crippen molar-refractivity contribution in [3.63, 3.8) is 0 Å². The van der Waals surface area contributed by atoms with Gasteiger partial charge < -0.3 is 0 Å². The van der Waals surface area contributed by atoms with Crippen LogP contribution in [0, 0.1) is 17.8 Å². The van der Waals surface area contributed by atoms with Crippen LogP contribution in [0.4, 0.5) is 0 Å². The van der Waals surface area contributed by atoms with E-state index in [1.807, 2.05) is 36.4 Å². The SMILES string of the molecule is Br.N#C[CH-]c1ccccc1.[Cd]. The first-order valence-corrected chi connectivity index (χ1v) is 2.71. The number of hydrogen-bond donors (Lipinski definition) is 0. The summed E-state index contributed by atoms with van der Waals surface area (Å²) in [5, 5.41) is 8.21. The van der Waals surface area contributed by atoms with E-state index >= 15 is 0 Å². The Hall–Kier alpha value is -0.0179. The molecule has 0 aliphatic heterocycles. The minimum Gasteiger partial charge on any atom is -0.208 e. The van der Waals surface area contributed by atoms with E-state index in [1.54, 1.807) is 0 Å². The van der Waals surface area contributed by atoms with Gasteiger partial charge in [-0.3, -0.25) is 0 Å². The molecule has 1 aromatic carbocycles. The van der Waals surface area contributed by atoms with Crippen LogP contribution < -0.4 is 0 Å². The quantitative estimate of drug-likeness (QED) is 0.577. The molecule has 1 aromatic rings. The minimum atomic E-state index is 0. The Morgan fingerprint density at radius 2 is 1.73 bits per heavy atom. The summed E-state index contributed by atoms with van der Waals surface area (Å²) in [5.74, 6) is 0. The summed E-state index contributed by atoms with van der Waals surface area (Å²) in [6, 6.07) is 11.5. The third-order valence-electron chi connectivity index (χ3n) is 1.03. The van der Waals surface area contributed by atoms with Gasteiger partial charge in [-0.05, 0) is 0 Å². The maximum Gasteiger partial charge on any atom is 0.0237 e. The molecule has 0 saturated heterocycles. The molecule has 0 saturated carbocycles. The molecular formula is C8H7BrCdN-. The maximum absolute atomic E-state index is 8.21. The molecular weight excluding hydrogens is 302 g/mol. The van der Waals surface area contributed by atoms with Gasteiger partial charge in [-0.25, -0.2) is 5.26 Å². The molecule has 0 atom stereocenters. The van der Waals surface area contributed by atoms with E-state index in [4.69, 9.17) is 5.26 Å². The molecule has 0 heterocycles. The zero-order chi connectivity index (χ0) is 6.53. The van der Waals surface area contributed by atoms with Gasteiger partial charge in [-0.1, -0.05) is 12.5 Å². The Morgan fingerprint density at radius 3 is 2.18 bits per heavy atom. The van der Waals surface area contributed by atoms with Gasteiger partial charge in [0, 0.05) is 33.4 Å². The van der Waals surface area contributed by atoms with E-state index in [-0.39, 0.29) is 44.3 Å². The van der Waals surface area contributed by atoms with Crippen LogP contribution in [-0.2, 0) is 27.3 Å². The van der Waals surface area contributed by atoms with Crippen LogP contribution in [-0.4, -0.2) is 0 Å². The van der Waals surface area contributed by atoms with Crippen molar-refractivity contribution in [1.82, 2.24) is 0 Å². The summed E-state index contributed by atoms with van der Waals surface area (Å²) in [6.45, 7) is 0. The van der Waals surface area contributed by atoms with Crippen molar-refractivity contribution in [3.8, 4) is 6.07 Å². The summed E-state index contributed by atoms with van der Waals surface area (Å²) >= 11 is 0. The van der Waals surface area contributed by atoms with E-state index in [0.717, 1.165) is 5.56 Å². The summed E-state index contributed by atoms with van der Waals surface area (Å²) in [6.07, 6.45) is 1.51. The van der Waals surface area contributed by atoms with Gasteiger partial charge >= 0.3 is 0 Å². The van der Waals surface area contributed by atoms with Crippen molar-refractivity contribution < 1.29 is 27.3 Å². The molecule has 54 valence electrons. The monoisotopic (exact) mass is 310 g/mol. The molecule has 0 bridgehead atoms. The van der Waals surface area contributed by atoms with Gasteiger partial charge in [-0.15, -0.1) is 29.1 Å². The van der Waals surface area contributed by atoms with Crippen LogP contribution in [0.3, 0.4) is 0 Å². The second-order valence-corrected chi connectivity index (χ2v) is 1.68. The summed E-state index contributed by atoms with van der Waals surface area (Å²) in [5.41, 5.74) is 0.958. The van der Waals surface area contributed by atoms with E-state index in [2.05, 4.69) is 0 Å². The van der Waals surface area contributed by atoms with Gasteiger partial charge in [0.05, 0.1) is 0 Å². The first-order chi connectivity index (χ1) is 4.43. The smallest absolute Gasteiger partial charge is 0.0237 e. The summed E-state index contributed by atoms with van der Waals surface area (Å²) in [4.78, 5) is 0. The molecule has 0 aliphatic carbocycles. The van der Waals surface area contributed by atoms with Gasteiger partial charge in [0.2, 0.25) is 0 Å². The number of benzene rings is 1. The van der Waals surface area contributed by atoms with Crippen molar-refractivity contribution >= 4 is 17.0 Å². The fourth-order valence-corrected chi connectivity index (χ4v) is 0.624. The average molecular weight is 309 g/mol. The Balaban J connectivity index is 0. The maximum atomic E-state index is 8.21. The predicted octanol–water partition coefficient (Wildman–Crippen LogP) is 2.34. The molecule has 0 spiro atoms. The fraction of sp³-hybridized carbons (Fsp3) is 0. The zero-order valence-corrected chi connectivity index (χ0v) is 11.8. The standard InChI is InChI=1S/C8H6N.BrH.Cd/c9-7-6-8-4-2-1-3-5-8;;/h1-6H;1H;/q-1;;. The van der Waals surface area contributed by atoms with E-state index < -0.39 is 0 Å². The molecule has 0 radical (unpaired) electrons. The van der Waals surface area contributed by atoms with Crippen LogP contribution in [0.15, 0.2) is 30.3 Å². The predicted molar refractivity (Wildman–Crippen MR) is 45.8 cm³/mol. The molecule has 0 amide bonds. The molecule has 1 rings (SSSR count). The number of nitrogens with zero attached hydrogens (tertiary/aromatic N) is 1. The fourth-order valence-electron chi connectivity index (χ4n) is 0.624. The second kappa shape index (κ2) is 8.08. The minimum absolute atomic E-state index is 0. The number of halogens is 1. The van der Waals surface area contributed by atoms with E-state index in [0.29, 0.717) is 0 Å². The first-order valence-electron chi connectivity index (χ1n) is 2.71. The number of rotatable bonds is 1. The van der Waals surface area contributed by atoms with Gasteiger partial charge in [0.25, 0.3) is 0 Å². The first kappa shape index (κ1) is 13.6. The normalized spacial score (nSPS) is 6.45. The summed E-state index contributed by atoms with van der Waals surface area (Å²) < 4.78 is 0. The van der Waals surface area contributed by atoms with Gasteiger partial charge in [0.15, 0.2) is 0 Å². The molecule has 0 fully saturated rings. The van der Waals surface area contributed by atoms with Crippen LogP contribution in [0.25, 0.3) is 0 Å². The Kier molecular flexibility index (Phi) is 9.97. The van der Waals surface area contributed by atoms with Crippen LogP contribution >= 0.6 is 17.0 Å². The van der Waals surface area contributed by atoms with Crippen molar-refractivity contribution in [1.29, 1.82) is 5.26 Å². The van der Waals surface area contributed by atoms with Crippen LogP contribution in [0.2, 0.25) is 0 Å². The number of nitriles is 1. The Bertz CT molecular complexity index is 217. The van der Waals surface area contributed by atoms with Crippen molar-refractivity contribution in [2.75, 3.05) is 0 Å². The molecule has 0 aromatic heterocycles. The van der Waals surface area contributed by atoms with Crippen molar-refractivity contribution in [2.24, 2.45) is 0 Å². The van der Waals surface area contributed by atoms with E-state index in [9.17, 15) is 0 Å². The largest absolute Gasteiger partial charge is 0.208 e. The van der Waals surface area contributed by atoms with Crippen LogP contribution in [0.5, 0.6) is 0 Å². The van der Waals surface area contributed by atoms with E-state index in [1.165, 1.54) is 6.42 Å². The second-order valence-electron chi connectivity index (χ2n) is 1.68. The third kappa shape index (κ3) is 5.27. The molecule has 1 nitrogen and oxygen atoms in total. The molecule has 0 aliphatic rings. The topological polar surface area (TPSA) is 23.8 Å². The molecule has 3 heteroatoms. The Labute approximate surface area is 97.3 Å². The Morgan fingerprint density at radius 1 is 1.18 bits per heavy atom. The van der Waals surface area contributed by atoms with Crippen molar-refractivity contribution in [2.45, 2.75) is 0 Å².